The summed E-state index contributed by atoms with van der Waals surface area (Å²) in [4.78, 5) is 27.8. The summed E-state index contributed by atoms with van der Waals surface area (Å²) in [5.74, 6) is 0.451. The molecule has 0 unspecified atom stereocenters. The minimum atomic E-state index is -0.111. The molecular formula is C20H21NO2. The SMILES string of the molecule is Cc1cc(C)c(N2C(=O)[C@@H]3[C@H](C2=O)[C@H]2C=C[C@H]3C23CC3)c(C)c1. The van der Waals surface area contributed by atoms with Crippen LogP contribution in [0.4, 0.5) is 5.69 Å². The van der Waals surface area contributed by atoms with Crippen LogP contribution < -0.4 is 4.90 Å². The molecule has 3 nitrogen and oxygen atoms in total. The van der Waals surface area contributed by atoms with Gasteiger partial charge in [-0.2, -0.15) is 0 Å². The van der Waals surface area contributed by atoms with E-state index in [0.717, 1.165) is 16.8 Å². The first kappa shape index (κ1) is 13.5. The van der Waals surface area contributed by atoms with E-state index in [1.54, 1.807) is 0 Å². The fraction of sp³-hybridized carbons (Fsp3) is 0.500. The number of imide groups is 1. The molecule has 0 radical (unpaired) electrons. The topological polar surface area (TPSA) is 37.4 Å². The molecule has 1 aliphatic heterocycles. The zero-order chi connectivity index (χ0) is 16.1. The van der Waals surface area contributed by atoms with Gasteiger partial charge in [0, 0.05) is 0 Å². The van der Waals surface area contributed by atoms with Crippen molar-refractivity contribution in [2.75, 3.05) is 4.90 Å². The van der Waals surface area contributed by atoms with Crippen molar-refractivity contribution in [2.45, 2.75) is 33.6 Å². The highest BCUT2D eigenvalue weighted by molar-refractivity contribution is 6.23. The van der Waals surface area contributed by atoms with Gasteiger partial charge in [-0.15, -0.1) is 0 Å². The van der Waals surface area contributed by atoms with Crippen molar-refractivity contribution in [3.05, 3.63) is 41.0 Å². The molecule has 1 heterocycles. The molecule has 5 rings (SSSR count). The van der Waals surface area contributed by atoms with E-state index in [2.05, 4.69) is 24.3 Å². The number of hydrogen-bond donors (Lipinski definition) is 0. The van der Waals surface area contributed by atoms with Crippen LogP contribution in [0.3, 0.4) is 0 Å². The fourth-order valence-electron chi connectivity index (χ4n) is 5.82. The molecule has 1 aromatic rings. The van der Waals surface area contributed by atoms with Crippen LogP contribution in [0.2, 0.25) is 0 Å². The number of anilines is 1. The van der Waals surface area contributed by atoms with Crippen molar-refractivity contribution >= 4 is 17.5 Å². The van der Waals surface area contributed by atoms with Gasteiger partial charge in [0.2, 0.25) is 11.8 Å². The first-order valence-electron chi connectivity index (χ1n) is 8.60. The second-order valence-corrected chi connectivity index (χ2v) is 7.98. The maximum Gasteiger partial charge on any atom is 0.238 e. The van der Waals surface area contributed by atoms with E-state index in [9.17, 15) is 9.59 Å². The molecule has 3 fully saturated rings. The number of aryl methyl sites for hydroxylation is 3. The Morgan fingerprint density at radius 3 is 1.83 bits per heavy atom. The first-order chi connectivity index (χ1) is 11.0. The van der Waals surface area contributed by atoms with Gasteiger partial charge in [0.05, 0.1) is 17.5 Å². The minimum absolute atomic E-state index is 0.0400. The summed E-state index contributed by atoms with van der Waals surface area (Å²) in [5, 5.41) is 0. The van der Waals surface area contributed by atoms with Gasteiger partial charge in [-0.05, 0) is 62.0 Å². The van der Waals surface area contributed by atoms with Crippen molar-refractivity contribution in [3.8, 4) is 0 Å². The Hall–Kier alpha value is -1.90. The van der Waals surface area contributed by atoms with Crippen LogP contribution in [-0.2, 0) is 9.59 Å². The Labute approximate surface area is 136 Å². The molecule has 1 spiro atoms. The summed E-state index contributed by atoms with van der Waals surface area (Å²) in [6.07, 6.45) is 6.82. The van der Waals surface area contributed by atoms with Gasteiger partial charge < -0.3 is 0 Å². The summed E-state index contributed by atoms with van der Waals surface area (Å²) in [7, 11) is 0. The normalized spacial score (nSPS) is 35.5. The van der Waals surface area contributed by atoms with Crippen molar-refractivity contribution < 1.29 is 9.59 Å². The zero-order valence-corrected chi connectivity index (χ0v) is 13.8. The minimum Gasteiger partial charge on any atom is -0.274 e. The molecule has 3 aliphatic carbocycles. The van der Waals surface area contributed by atoms with Gasteiger partial charge in [-0.1, -0.05) is 29.8 Å². The van der Waals surface area contributed by atoms with Crippen LogP contribution in [0, 0.1) is 49.9 Å². The van der Waals surface area contributed by atoms with Crippen molar-refractivity contribution in [1.82, 2.24) is 0 Å². The van der Waals surface area contributed by atoms with E-state index in [0.29, 0.717) is 11.8 Å². The molecule has 0 aromatic heterocycles. The molecule has 1 aromatic carbocycles. The highest BCUT2D eigenvalue weighted by Gasteiger charge is 2.73. The van der Waals surface area contributed by atoms with Crippen LogP contribution in [0.25, 0.3) is 0 Å². The lowest BCUT2D eigenvalue weighted by Crippen LogP contribution is -2.35. The highest BCUT2D eigenvalue weighted by Crippen LogP contribution is 2.73. The van der Waals surface area contributed by atoms with Crippen LogP contribution >= 0.6 is 0 Å². The Morgan fingerprint density at radius 1 is 0.913 bits per heavy atom. The molecule has 2 amide bonds. The maximum atomic E-state index is 13.2. The van der Waals surface area contributed by atoms with Crippen LogP contribution in [-0.4, -0.2) is 11.8 Å². The van der Waals surface area contributed by atoms with Gasteiger partial charge in [0.25, 0.3) is 0 Å². The third kappa shape index (κ3) is 1.42. The molecule has 23 heavy (non-hydrogen) atoms. The lowest BCUT2D eigenvalue weighted by Gasteiger charge is -2.24. The maximum absolute atomic E-state index is 13.2. The number of allylic oxidation sites excluding steroid dienone is 2. The molecule has 0 N–H and O–H groups in total. The second kappa shape index (κ2) is 3.95. The van der Waals surface area contributed by atoms with Gasteiger partial charge in [-0.25, -0.2) is 4.90 Å². The monoisotopic (exact) mass is 307 g/mol. The molecule has 4 aliphatic rings. The van der Waals surface area contributed by atoms with E-state index in [1.807, 2.05) is 20.8 Å². The van der Waals surface area contributed by atoms with E-state index >= 15 is 0 Å². The smallest absolute Gasteiger partial charge is 0.238 e. The number of amides is 2. The number of carbonyl (C=O) groups is 2. The zero-order valence-electron chi connectivity index (χ0n) is 13.8. The molecule has 2 bridgehead atoms. The fourth-order valence-corrected chi connectivity index (χ4v) is 5.82. The van der Waals surface area contributed by atoms with E-state index in [4.69, 9.17) is 0 Å². The summed E-state index contributed by atoms with van der Waals surface area (Å²) in [5.41, 5.74) is 4.30. The third-order valence-corrected chi connectivity index (χ3v) is 6.71. The average Bonchev–Trinajstić information content (AvgIpc) is 3.08. The van der Waals surface area contributed by atoms with Crippen LogP contribution in [0.1, 0.15) is 29.5 Å². The van der Waals surface area contributed by atoms with Crippen LogP contribution in [0.15, 0.2) is 24.3 Å². The summed E-state index contributed by atoms with van der Waals surface area (Å²) in [6, 6.07) is 4.12. The molecule has 4 atom stereocenters. The van der Waals surface area contributed by atoms with Gasteiger partial charge in [-0.3, -0.25) is 9.59 Å². The number of nitrogens with zero attached hydrogens (tertiary/aromatic N) is 1. The summed E-state index contributed by atoms with van der Waals surface area (Å²) >= 11 is 0. The third-order valence-electron chi connectivity index (χ3n) is 6.71. The van der Waals surface area contributed by atoms with Gasteiger partial charge >= 0.3 is 0 Å². The molecular weight excluding hydrogens is 286 g/mol. The predicted molar refractivity (Wildman–Crippen MR) is 87.9 cm³/mol. The highest BCUT2D eigenvalue weighted by atomic mass is 16.2. The largest absolute Gasteiger partial charge is 0.274 e. The molecule has 3 heteroatoms. The Kier molecular flexibility index (Phi) is 2.32. The Bertz CT molecular complexity index is 745. The number of hydrogen-bond acceptors (Lipinski definition) is 2. The van der Waals surface area contributed by atoms with E-state index < -0.39 is 0 Å². The van der Waals surface area contributed by atoms with Crippen molar-refractivity contribution in [3.63, 3.8) is 0 Å². The Balaban J connectivity index is 1.62. The number of benzene rings is 1. The lowest BCUT2D eigenvalue weighted by molar-refractivity contribution is -0.123. The van der Waals surface area contributed by atoms with Crippen molar-refractivity contribution in [1.29, 1.82) is 0 Å². The van der Waals surface area contributed by atoms with Crippen LogP contribution in [0.5, 0.6) is 0 Å². The molecule has 2 saturated carbocycles. The quantitative estimate of drug-likeness (QED) is 0.589. The van der Waals surface area contributed by atoms with E-state index in [-0.39, 0.29) is 29.1 Å². The first-order valence-corrected chi connectivity index (χ1v) is 8.60. The van der Waals surface area contributed by atoms with E-state index in [1.165, 1.54) is 23.3 Å². The van der Waals surface area contributed by atoms with Gasteiger partial charge in [0.1, 0.15) is 0 Å². The number of carbonyl (C=O) groups excluding carboxylic acids is 2. The Morgan fingerprint density at radius 2 is 1.39 bits per heavy atom. The lowest BCUT2D eigenvalue weighted by atomic mass is 9.85. The average molecular weight is 307 g/mol. The van der Waals surface area contributed by atoms with Gasteiger partial charge in [0.15, 0.2) is 0 Å². The summed E-state index contributed by atoms with van der Waals surface area (Å²) < 4.78 is 0. The summed E-state index contributed by atoms with van der Waals surface area (Å²) in [6.45, 7) is 6.05. The standard InChI is InChI=1S/C20H21NO2/c1-10-8-11(2)17(12(3)9-10)21-18(22)15-13-4-5-14(16(15)19(21)23)20(13)6-7-20/h4-5,8-9,13-16H,6-7H2,1-3H3/t13-,14-,15-,16+/m1/s1. The van der Waals surface area contributed by atoms with Crippen molar-refractivity contribution in [2.24, 2.45) is 29.1 Å². The molecule has 118 valence electrons. The number of rotatable bonds is 1. The molecule has 1 saturated heterocycles. The second-order valence-electron chi connectivity index (χ2n) is 7.98. The number of fused-ring (bicyclic) bond motifs is 3. The predicted octanol–water partition coefficient (Wildman–Crippen LogP) is 3.31.